The van der Waals surface area contributed by atoms with E-state index in [9.17, 15) is 4.79 Å². The predicted molar refractivity (Wildman–Crippen MR) is 72.0 cm³/mol. The quantitative estimate of drug-likeness (QED) is 0.767. The lowest BCUT2D eigenvalue weighted by atomic mass is 9.90. The molecule has 0 N–H and O–H groups in total. The highest BCUT2D eigenvalue weighted by molar-refractivity contribution is 5.99. The van der Waals surface area contributed by atoms with Gasteiger partial charge in [0.05, 0.1) is 26.2 Å². The molecule has 0 aliphatic carbocycles. The topological polar surface area (TPSA) is 44.8 Å². The molecule has 1 aromatic rings. The Morgan fingerprint density at radius 1 is 1.32 bits per heavy atom. The SMILES string of the molecule is CCC1OCCC1C(=O)c1ccc(OC)c(OC)c1. The summed E-state index contributed by atoms with van der Waals surface area (Å²) in [5.74, 6) is 1.31. The molecule has 1 aromatic carbocycles. The fourth-order valence-electron chi connectivity index (χ4n) is 2.55. The molecule has 19 heavy (non-hydrogen) atoms. The molecular weight excluding hydrogens is 244 g/mol. The lowest BCUT2D eigenvalue weighted by molar-refractivity contribution is 0.0689. The lowest BCUT2D eigenvalue weighted by Crippen LogP contribution is -2.23. The van der Waals surface area contributed by atoms with Gasteiger partial charge in [0.15, 0.2) is 17.3 Å². The minimum atomic E-state index is -0.0388. The normalized spacial score (nSPS) is 22.3. The van der Waals surface area contributed by atoms with E-state index < -0.39 is 0 Å². The van der Waals surface area contributed by atoms with E-state index in [1.54, 1.807) is 32.4 Å². The van der Waals surface area contributed by atoms with Crippen LogP contribution in [0.15, 0.2) is 18.2 Å². The number of carbonyl (C=O) groups is 1. The first-order valence-electron chi connectivity index (χ1n) is 6.59. The first kappa shape index (κ1) is 13.9. The summed E-state index contributed by atoms with van der Waals surface area (Å²) in [6.07, 6.45) is 1.70. The maximum absolute atomic E-state index is 12.5. The summed E-state index contributed by atoms with van der Waals surface area (Å²) >= 11 is 0. The molecule has 1 heterocycles. The summed E-state index contributed by atoms with van der Waals surface area (Å²) in [6, 6.07) is 5.30. The first-order chi connectivity index (χ1) is 9.21. The van der Waals surface area contributed by atoms with E-state index in [1.165, 1.54) is 0 Å². The second kappa shape index (κ2) is 6.06. The van der Waals surface area contributed by atoms with E-state index in [2.05, 4.69) is 0 Å². The Hall–Kier alpha value is -1.55. The van der Waals surface area contributed by atoms with Gasteiger partial charge in [0.1, 0.15) is 0 Å². The average molecular weight is 264 g/mol. The Morgan fingerprint density at radius 2 is 2.05 bits per heavy atom. The predicted octanol–water partition coefficient (Wildman–Crippen LogP) is 2.70. The Kier molecular flexibility index (Phi) is 4.43. The number of hydrogen-bond acceptors (Lipinski definition) is 4. The highest BCUT2D eigenvalue weighted by atomic mass is 16.5. The van der Waals surface area contributed by atoms with Crippen molar-refractivity contribution in [3.63, 3.8) is 0 Å². The van der Waals surface area contributed by atoms with E-state index in [1.807, 2.05) is 6.92 Å². The molecule has 0 saturated carbocycles. The zero-order chi connectivity index (χ0) is 13.8. The van der Waals surface area contributed by atoms with Gasteiger partial charge in [-0.3, -0.25) is 4.79 Å². The van der Waals surface area contributed by atoms with Crippen molar-refractivity contribution in [2.24, 2.45) is 5.92 Å². The number of hydrogen-bond donors (Lipinski definition) is 0. The molecule has 2 atom stereocenters. The zero-order valence-corrected chi connectivity index (χ0v) is 11.6. The summed E-state index contributed by atoms with van der Waals surface area (Å²) in [5, 5.41) is 0. The molecule has 4 nitrogen and oxygen atoms in total. The van der Waals surface area contributed by atoms with Crippen LogP contribution in [0.25, 0.3) is 0 Å². The van der Waals surface area contributed by atoms with Gasteiger partial charge in [-0.05, 0) is 31.0 Å². The van der Waals surface area contributed by atoms with Gasteiger partial charge in [-0.1, -0.05) is 6.92 Å². The van der Waals surface area contributed by atoms with E-state index in [0.717, 1.165) is 12.8 Å². The molecule has 104 valence electrons. The molecule has 0 spiro atoms. The summed E-state index contributed by atoms with van der Waals surface area (Å²) in [5.41, 5.74) is 0.659. The van der Waals surface area contributed by atoms with Gasteiger partial charge in [0.2, 0.25) is 0 Å². The molecule has 1 aliphatic heterocycles. The molecule has 2 rings (SSSR count). The van der Waals surface area contributed by atoms with E-state index in [4.69, 9.17) is 14.2 Å². The second-order valence-corrected chi connectivity index (χ2v) is 4.65. The summed E-state index contributed by atoms with van der Waals surface area (Å²) < 4.78 is 16.0. The van der Waals surface area contributed by atoms with Crippen molar-refractivity contribution in [2.75, 3.05) is 20.8 Å². The van der Waals surface area contributed by atoms with Crippen LogP contribution >= 0.6 is 0 Å². The van der Waals surface area contributed by atoms with Gasteiger partial charge in [-0.25, -0.2) is 0 Å². The van der Waals surface area contributed by atoms with Crippen LogP contribution in [0.4, 0.5) is 0 Å². The van der Waals surface area contributed by atoms with Crippen LogP contribution in [0.2, 0.25) is 0 Å². The summed E-state index contributed by atoms with van der Waals surface area (Å²) in [7, 11) is 3.15. The Labute approximate surface area is 113 Å². The number of methoxy groups -OCH3 is 2. The molecule has 1 fully saturated rings. The molecule has 1 saturated heterocycles. The van der Waals surface area contributed by atoms with Crippen molar-refractivity contribution in [1.82, 2.24) is 0 Å². The second-order valence-electron chi connectivity index (χ2n) is 4.65. The van der Waals surface area contributed by atoms with Crippen LogP contribution in [-0.4, -0.2) is 32.7 Å². The van der Waals surface area contributed by atoms with Gasteiger partial charge in [-0.2, -0.15) is 0 Å². The monoisotopic (exact) mass is 264 g/mol. The Bertz CT molecular complexity index is 455. The van der Waals surface area contributed by atoms with Gasteiger partial charge in [0, 0.05) is 12.2 Å². The Morgan fingerprint density at radius 3 is 2.68 bits per heavy atom. The first-order valence-corrected chi connectivity index (χ1v) is 6.59. The van der Waals surface area contributed by atoms with Crippen molar-refractivity contribution in [3.8, 4) is 11.5 Å². The van der Waals surface area contributed by atoms with E-state index >= 15 is 0 Å². The zero-order valence-electron chi connectivity index (χ0n) is 11.6. The van der Waals surface area contributed by atoms with Crippen molar-refractivity contribution in [1.29, 1.82) is 0 Å². The largest absolute Gasteiger partial charge is 0.493 e. The van der Waals surface area contributed by atoms with Crippen LogP contribution in [0.5, 0.6) is 11.5 Å². The Balaban J connectivity index is 2.24. The van der Waals surface area contributed by atoms with Gasteiger partial charge in [0.25, 0.3) is 0 Å². The van der Waals surface area contributed by atoms with Gasteiger partial charge < -0.3 is 14.2 Å². The number of benzene rings is 1. The molecular formula is C15H20O4. The molecule has 0 bridgehead atoms. The third kappa shape index (κ3) is 2.73. The highest BCUT2D eigenvalue weighted by Gasteiger charge is 2.33. The number of ether oxygens (including phenoxy) is 3. The maximum Gasteiger partial charge on any atom is 0.168 e. The number of carbonyl (C=O) groups excluding carboxylic acids is 1. The van der Waals surface area contributed by atoms with Crippen LogP contribution in [-0.2, 0) is 4.74 Å². The van der Waals surface area contributed by atoms with Crippen LogP contribution in [0, 0.1) is 5.92 Å². The fraction of sp³-hybridized carbons (Fsp3) is 0.533. The summed E-state index contributed by atoms with van der Waals surface area (Å²) in [6.45, 7) is 2.72. The smallest absolute Gasteiger partial charge is 0.168 e. The third-order valence-corrected chi connectivity index (χ3v) is 3.62. The minimum absolute atomic E-state index is 0.0388. The van der Waals surface area contributed by atoms with E-state index in [0.29, 0.717) is 23.7 Å². The number of ketones is 1. The molecule has 1 aliphatic rings. The van der Waals surface area contributed by atoms with Crippen LogP contribution in [0.1, 0.15) is 30.1 Å². The standard InChI is InChI=1S/C15H20O4/c1-4-12-11(7-8-19-12)15(16)10-5-6-13(17-2)14(9-10)18-3/h5-6,9,11-12H,4,7-8H2,1-3H3. The molecule has 0 radical (unpaired) electrons. The van der Waals surface area contributed by atoms with E-state index in [-0.39, 0.29) is 17.8 Å². The molecule has 0 aromatic heterocycles. The van der Waals surface area contributed by atoms with Crippen LogP contribution < -0.4 is 9.47 Å². The van der Waals surface area contributed by atoms with Crippen LogP contribution in [0.3, 0.4) is 0 Å². The molecule has 4 heteroatoms. The number of Topliss-reactive ketones (excluding diaryl/α,β-unsaturated/α-hetero) is 1. The molecule has 0 amide bonds. The third-order valence-electron chi connectivity index (χ3n) is 3.62. The van der Waals surface area contributed by atoms with Crippen molar-refractivity contribution >= 4 is 5.78 Å². The van der Waals surface area contributed by atoms with Gasteiger partial charge in [-0.15, -0.1) is 0 Å². The van der Waals surface area contributed by atoms with Gasteiger partial charge >= 0.3 is 0 Å². The fourth-order valence-corrected chi connectivity index (χ4v) is 2.55. The van der Waals surface area contributed by atoms with Crippen molar-refractivity contribution in [3.05, 3.63) is 23.8 Å². The minimum Gasteiger partial charge on any atom is -0.493 e. The van der Waals surface area contributed by atoms with Crippen molar-refractivity contribution in [2.45, 2.75) is 25.9 Å². The lowest BCUT2D eigenvalue weighted by Gasteiger charge is -2.16. The number of rotatable bonds is 5. The highest BCUT2D eigenvalue weighted by Crippen LogP contribution is 2.31. The summed E-state index contributed by atoms with van der Waals surface area (Å²) in [4.78, 5) is 12.5. The maximum atomic E-state index is 12.5. The average Bonchev–Trinajstić information content (AvgIpc) is 2.94. The van der Waals surface area contributed by atoms with Crippen molar-refractivity contribution < 1.29 is 19.0 Å². The molecule has 2 unspecified atom stereocenters.